The molecule has 218 valence electrons. The number of hydrogen-bond donors (Lipinski definition) is 1. The number of hydrogen-bond acceptors (Lipinski definition) is 5. The van der Waals surface area contributed by atoms with Gasteiger partial charge in [-0.2, -0.15) is 0 Å². The van der Waals surface area contributed by atoms with Crippen LogP contribution in [0.15, 0.2) is 72.8 Å². The van der Waals surface area contributed by atoms with Crippen LogP contribution >= 0.6 is 48.0 Å². The number of anilines is 1. The summed E-state index contributed by atoms with van der Waals surface area (Å²) >= 11 is 12.2. The van der Waals surface area contributed by atoms with Gasteiger partial charge in [-0.05, 0) is 49.0 Å². The molecular weight excluding hydrogens is 590 g/mol. The molecule has 40 heavy (non-hydrogen) atoms. The molecule has 6 nitrogen and oxygen atoms in total. The van der Waals surface area contributed by atoms with Crippen molar-refractivity contribution in [3.05, 3.63) is 99.5 Å². The fourth-order valence-corrected chi connectivity index (χ4v) is 4.98. The Morgan fingerprint density at radius 1 is 0.900 bits per heavy atom. The van der Waals surface area contributed by atoms with Crippen molar-refractivity contribution in [3.63, 3.8) is 0 Å². The van der Waals surface area contributed by atoms with Crippen LogP contribution < -0.4 is 10.2 Å². The summed E-state index contributed by atoms with van der Waals surface area (Å²) in [6.07, 6.45) is 0. The van der Waals surface area contributed by atoms with E-state index in [1.807, 2.05) is 29.2 Å². The standard InChI is InChI=1S/C30H36Cl2N4O2.2ClH/c1-34(2)20-25-10-6-7-11-29(25)35-14-16-36(17-15-35)30(37)28(33-19-23-8-4-3-5-9-23)22-38-21-24-12-13-26(31)27(32)18-24;;/h3-13,18,28,33H,14-17,19-22H2,1-2H3;2*1H/t28-;;/m0../s1. The molecule has 0 spiro atoms. The number of benzene rings is 3. The molecule has 0 saturated carbocycles. The molecule has 1 aliphatic heterocycles. The predicted octanol–water partition coefficient (Wildman–Crippen LogP) is 5.92. The van der Waals surface area contributed by atoms with Crippen molar-refractivity contribution in [2.75, 3.05) is 51.8 Å². The van der Waals surface area contributed by atoms with Crippen LogP contribution in [-0.4, -0.2) is 68.6 Å². The number of nitrogens with zero attached hydrogens (tertiary/aromatic N) is 3. The maximum absolute atomic E-state index is 13.6. The Labute approximate surface area is 260 Å². The molecular formula is C30H38Cl4N4O2. The van der Waals surface area contributed by atoms with Crippen molar-refractivity contribution in [1.29, 1.82) is 0 Å². The van der Waals surface area contributed by atoms with Gasteiger partial charge in [0.2, 0.25) is 5.91 Å². The van der Waals surface area contributed by atoms with Crippen LogP contribution in [0.5, 0.6) is 0 Å². The first-order valence-corrected chi connectivity index (χ1v) is 13.7. The summed E-state index contributed by atoms with van der Waals surface area (Å²) in [7, 11) is 4.17. The highest BCUT2D eigenvalue weighted by Gasteiger charge is 2.28. The van der Waals surface area contributed by atoms with Crippen molar-refractivity contribution in [2.45, 2.75) is 25.7 Å². The molecule has 4 rings (SSSR count). The fraction of sp³-hybridized carbons (Fsp3) is 0.367. The van der Waals surface area contributed by atoms with Crippen LogP contribution in [0.3, 0.4) is 0 Å². The molecule has 1 N–H and O–H groups in total. The number of ether oxygens (including phenoxy) is 1. The lowest BCUT2D eigenvalue weighted by Gasteiger charge is -2.38. The first-order valence-electron chi connectivity index (χ1n) is 13.0. The zero-order valence-electron chi connectivity index (χ0n) is 22.9. The minimum absolute atomic E-state index is 0. The van der Waals surface area contributed by atoms with E-state index >= 15 is 0 Å². The zero-order chi connectivity index (χ0) is 26.9. The van der Waals surface area contributed by atoms with E-state index in [0.717, 1.165) is 30.8 Å². The molecule has 1 amide bonds. The molecule has 3 aromatic rings. The van der Waals surface area contributed by atoms with Gasteiger partial charge in [-0.25, -0.2) is 0 Å². The predicted molar refractivity (Wildman–Crippen MR) is 170 cm³/mol. The minimum atomic E-state index is -0.453. The van der Waals surface area contributed by atoms with Crippen molar-refractivity contribution in [1.82, 2.24) is 15.1 Å². The third kappa shape index (κ3) is 9.81. The summed E-state index contributed by atoms with van der Waals surface area (Å²) in [4.78, 5) is 20.2. The average Bonchev–Trinajstić information content (AvgIpc) is 2.93. The Morgan fingerprint density at radius 2 is 1.57 bits per heavy atom. The number of para-hydroxylation sites is 1. The van der Waals surface area contributed by atoms with Crippen LogP contribution in [0, 0.1) is 0 Å². The second kappa shape index (κ2) is 17.0. The normalized spacial score (nSPS) is 13.9. The van der Waals surface area contributed by atoms with Crippen LogP contribution in [0.2, 0.25) is 10.0 Å². The summed E-state index contributed by atoms with van der Waals surface area (Å²) in [5.74, 6) is 0.0660. The summed E-state index contributed by atoms with van der Waals surface area (Å²) in [5.41, 5.74) is 4.59. The van der Waals surface area contributed by atoms with E-state index in [4.69, 9.17) is 27.9 Å². The molecule has 1 atom stereocenters. The Kier molecular flexibility index (Phi) is 14.6. The van der Waals surface area contributed by atoms with Gasteiger partial charge in [0.05, 0.1) is 23.3 Å². The number of carbonyl (C=O) groups is 1. The molecule has 10 heteroatoms. The summed E-state index contributed by atoms with van der Waals surface area (Å²) < 4.78 is 5.99. The fourth-order valence-electron chi connectivity index (χ4n) is 4.66. The molecule has 0 radical (unpaired) electrons. The first-order chi connectivity index (χ1) is 18.4. The van der Waals surface area contributed by atoms with Crippen LogP contribution in [0.1, 0.15) is 16.7 Å². The third-order valence-corrected chi connectivity index (χ3v) is 7.38. The van der Waals surface area contributed by atoms with Crippen molar-refractivity contribution < 1.29 is 9.53 Å². The summed E-state index contributed by atoms with van der Waals surface area (Å²) in [6.45, 7) is 5.03. The molecule has 1 fully saturated rings. The van der Waals surface area contributed by atoms with E-state index in [0.29, 0.717) is 36.3 Å². The van der Waals surface area contributed by atoms with E-state index in [1.54, 1.807) is 12.1 Å². The highest BCUT2D eigenvalue weighted by molar-refractivity contribution is 6.42. The Hall–Kier alpha value is -2.03. The molecule has 1 heterocycles. The van der Waals surface area contributed by atoms with E-state index in [-0.39, 0.29) is 37.3 Å². The second-order valence-corrected chi connectivity index (χ2v) is 10.7. The zero-order valence-corrected chi connectivity index (χ0v) is 26.0. The van der Waals surface area contributed by atoms with Gasteiger partial charge >= 0.3 is 0 Å². The van der Waals surface area contributed by atoms with Crippen LogP contribution in [-0.2, 0) is 29.2 Å². The number of nitrogens with one attached hydrogen (secondary N) is 1. The second-order valence-electron chi connectivity index (χ2n) is 9.86. The number of carbonyl (C=O) groups excluding carboxylic acids is 1. The average molecular weight is 628 g/mol. The van der Waals surface area contributed by atoms with Gasteiger partial charge in [-0.15, -0.1) is 24.8 Å². The van der Waals surface area contributed by atoms with E-state index in [9.17, 15) is 4.79 Å². The van der Waals surface area contributed by atoms with Gasteiger partial charge < -0.3 is 19.4 Å². The van der Waals surface area contributed by atoms with Gasteiger partial charge in [0.1, 0.15) is 6.04 Å². The first kappa shape index (κ1) is 34.2. The van der Waals surface area contributed by atoms with Gasteiger partial charge in [0.15, 0.2) is 0 Å². The van der Waals surface area contributed by atoms with E-state index in [2.05, 4.69) is 65.6 Å². The number of rotatable bonds is 11. The smallest absolute Gasteiger partial charge is 0.242 e. The van der Waals surface area contributed by atoms with Crippen LogP contribution in [0.4, 0.5) is 5.69 Å². The molecule has 0 aromatic heterocycles. The van der Waals surface area contributed by atoms with Crippen LogP contribution in [0.25, 0.3) is 0 Å². The SMILES string of the molecule is CN(C)Cc1ccccc1N1CCN(C(=O)[C@H](COCc2ccc(Cl)c(Cl)c2)NCc2ccccc2)CC1.Cl.Cl. The largest absolute Gasteiger partial charge is 0.375 e. The van der Waals surface area contributed by atoms with E-state index < -0.39 is 6.04 Å². The maximum atomic E-state index is 13.6. The lowest BCUT2D eigenvalue weighted by Crippen LogP contribution is -2.55. The lowest BCUT2D eigenvalue weighted by molar-refractivity contribution is -0.135. The minimum Gasteiger partial charge on any atom is -0.375 e. The van der Waals surface area contributed by atoms with Gasteiger partial charge in [0, 0.05) is 45.0 Å². The van der Waals surface area contributed by atoms with Crippen molar-refractivity contribution >= 4 is 59.6 Å². The Bertz CT molecular complexity index is 1190. The topological polar surface area (TPSA) is 48.0 Å². The Balaban J connectivity index is 0.00000280. The molecule has 0 bridgehead atoms. The molecule has 1 aliphatic rings. The number of halogens is 4. The van der Waals surface area contributed by atoms with Crippen molar-refractivity contribution in [3.8, 4) is 0 Å². The maximum Gasteiger partial charge on any atom is 0.242 e. The van der Waals surface area contributed by atoms with Gasteiger partial charge in [-0.3, -0.25) is 10.1 Å². The summed E-state index contributed by atoms with van der Waals surface area (Å²) in [6, 6.07) is 23.6. The number of amides is 1. The molecule has 0 unspecified atom stereocenters. The van der Waals surface area contributed by atoms with Crippen molar-refractivity contribution in [2.24, 2.45) is 0 Å². The van der Waals surface area contributed by atoms with Gasteiger partial charge in [0.25, 0.3) is 0 Å². The molecule has 1 saturated heterocycles. The van der Waals surface area contributed by atoms with E-state index in [1.165, 1.54) is 11.3 Å². The third-order valence-electron chi connectivity index (χ3n) is 6.64. The number of piperazine rings is 1. The molecule has 0 aliphatic carbocycles. The highest BCUT2D eigenvalue weighted by atomic mass is 35.5. The lowest BCUT2D eigenvalue weighted by atomic mass is 10.1. The highest BCUT2D eigenvalue weighted by Crippen LogP contribution is 2.24. The Morgan fingerprint density at radius 3 is 2.25 bits per heavy atom. The monoisotopic (exact) mass is 626 g/mol. The quantitative estimate of drug-likeness (QED) is 0.286. The van der Waals surface area contributed by atoms with Gasteiger partial charge in [-0.1, -0.05) is 77.8 Å². The molecule has 3 aromatic carbocycles. The summed E-state index contributed by atoms with van der Waals surface area (Å²) in [5, 5.41) is 4.43.